The highest BCUT2D eigenvalue weighted by Crippen LogP contribution is 2.33. The molecule has 3 rings (SSSR count). The molecule has 6 nitrogen and oxygen atoms in total. The lowest BCUT2D eigenvalue weighted by Gasteiger charge is -2.22. The highest BCUT2D eigenvalue weighted by Gasteiger charge is 2.19. The minimum atomic E-state index is -0.185. The fourth-order valence-corrected chi connectivity index (χ4v) is 2.55. The van der Waals surface area contributed by atoms with Gasteiger partial charge in [-0.2, -0.15) is 0 Å². The lowest BCUT2D eigenvalue weighted by Crippen LogP contribution is -2.28. The molecule has 3 N–H and O–H groups in total. The topological polar surface area (TPSA) is 86.7 Å². The third-order valence-corrected chi connectivity index (χ3v) is 3.80. The summed E-state index contributed by atoms with van der Waals surface area (Å²) in [4.78, 5) is 12.3. The molecule has 0 spiro atoms. The van der Waals surface area contributed by atoms with E-state index in [0.717, 1.165) is 23.5 Å². The van der Waals surface area contributed by atoms with E-state index in [-0.39, 0.29) is 18.5 Å². The molecule has 1 aromatic carbocycles. The zero-order valence-electron chi connectivity index (χ0n) is 13.0. The van der Waals surface area contributed by atoms with Gasteiger partial charge in [-0.25, -0.2) is 0 Å². The molecule has 1 unspecified atom stereocenters. The van der Waals surface area contributed by atoms with Crippen LogP contribution in [0.5, 0.6) is 11.5 Å². The van der Waals surface area contributed by atoms with Crippen molar-refractivity contribution >= 4 is 5.91 Å². The Kier molecular flexibility index (Phi) is 4.52. The zero-order chi connectivity index (χ0) is 16.2. The van der Waals surface area contributed by atoms with Crippen LogP contribution in [0.3, 0.4) is 0 Å². The van der Waals surface area contributed by atoms with E-state index in [0.29, 0.717) is 24.5 Å². The number of carbonyl (C=O) groups excluding carboxylic acids is 1. The second kappa shape index (κ2) is 6.75. The average Bonchev–Trinajstić information content (AvgIpc) is 3.08. The van der Waals surface area contributed by atoms with Crippen LogP contribution >= 0.6 is 0 Å². The first-order valence-electron chi connectivity index (χ1n) is 7.69. The molecule has 23 heavy (non-hydrogen) atoms. The Morgan fingerprint density at radius 3 is 2.74 bits per heavy atom. The van der Waals surface area contributed by atoms with Crippen molar-refractivity contribution in [1.82, 2.24) is 5.32 Å². The van der Waals surface area contributed by atoms with E-state index in [1.807, 2.05) is 25.1 Å². The Balaban J connectivity index is 1.75. The molecular formula is C17H20N2O4. The Hall–Kier alpha value is -2.47. The monoisotopic (exact) mass is 316 g/mol. The van der Waals surface area contributed by atoms with Crippen molar-refractivity contribution in [2.45, 2.75) is 25.9 Å². The molecule has 0 bridgehead atoms. The molecule has 1 atom stereocenters. The summed E-state index contributed by atoms with van der Waals surface area (Å²) in [6.07, 6.45) is 2.18. The van der Waals surface area contributed by atoms with Crippen LogP contribution in [-0.2, 0) is 6.54 Å². The molecule has 122 valence electrons. The first-order valence-corrected chi connectivity index (χ1v) is 7.69. The highest BCUT2D eigenvalue weighted by atomic mass is 16.6. The number of benzene rings is 1. The normalized spacial score (nSPS) is 14.3. The van der Waals surface area contributed by atoms with Crippen molar-refractivity contribution in [2.75, 3.05) is 13.2 Å². The summed E-state index contributed by atoms with van der Waals surface area (Å²) < 4.78 is 16.3. The fourth-order valence-electron chi connectivity index (χ4n) is 2.55. The minimum absolute atomic E-state index is 0.116. The molecule has 1 amide bonds. The molecule has 1 aliphatic heterocycles. The molecule has 2 heterocycles. The zero-order valence-corrected chi connectivity index (χ0v) is 13.0. The number of hydrogen-bond acceptors (Lipinski definition) is 5. The van der Waals surface area contributed by atoms with Gasteiger partial charge in [-0.1, -0.05) is 13.0 Å². The summed E-state index contributed by atoms with van der Waals surface area (Å²) in [5, 5.41) is 3.01. The number of nitrogens with two attached hydrogens (primary N) is 1. The first kappa shape index (κ1) is 15.4. The molecule has 0 radical (unpaired) electrons. The molecule has 0 saturated heterocycles. The lowest BCUT2D eigenvalue weighted by molar-refractivity contribution is 0.0934. The minimum Gasteiger partial charge on any atom is -0.486 e. The van der Waals surface area contributed by atoms with Crippen LogP contribution in [0.15, 0.2) is 34.9 Å². The Bertz CT molecular complexity index is 696. The van der Waals surface area contributed by atoms with E-state index < -0.39 is 0 Å². The van der Waals surface area contributed by atoms with Gasteiger partial charge in [0, 0.05) is 0 Å². The molecule has 1 aromatic heterocycles. The predicted molar refractivity (Wildman–Crippen MR) is 84.5 cm³/mol. The van der Waals surface area contributed by atoms with Gasteiger partial charge < -0.3 is 24.9 Å². The Morgan fingerprint density at radius 1 is 1.26 bits per heavy atom. The Labute approximate surface area is 134 Å². The van der Waals surface area contributed by atoms with E-state index >= 15 is 0 Å². The van der Waals surface area contributed by atoms with Crippen molar-refractivity contribution in [1.29, 1.82) is 0 Å². The maximum atomic E-state index is 12.3. The second-order valence-electron chi connectivity index (χ2n) is 5.34. The summed E-state index contributed by atoms with van der Waals surface area (Å²) in [6, 6.07) is 7.29. The van der Waals surface area contributed by atoms with Crippen LogP contribution in [0.4, 0.5) is 0 Å². The molecule has 2 aromatic rings. The molecule has 1 aliphatic rings. The van der Waals surface area contributed by atoms with Crippen molar-refractivity contribution in [2.24, 2.45) is 5.73 Å². The first-order chi connectivity index (χ1) is 11.2. The van der Waals surface area contributed by atoms with E-state index in [2.05, 4.69) is 5.32 Å². The van der Waals surface area contributed by atoms with Crippen molar-refractivity contribution in [3.8, 4) is 11.5 Å². The molecular weight excluding hydrogens is 296 g/mol. The molecule has 0 saturated carbocycles. The fraction of sp³-hybridized carbons (Fsp3) is 0.353. The molecule has 6 heteroatoms. The summed E-state index contributed by atoms with van der Waals surface area (Å²) in [5.41, 5.74) is 6.95. The molecule has 0 fully saturated rings. The van der Waals surface area contributed by atoms with Crippen molar-refractivity contribution in [3.05, 3.63) is 47.4 Å². The quantitative estimate of drug-likeness (QED) is 0.884. The standard InChI is InChI=1S/C17H20N2O4/c1-2-14(19-17(20)12-7-13(9-18)23-10-12)11-3-4-15-16(8-11)22-6-5-21-15/h3-4,7-8,10,14H,2,5-6,9,18H2,1H3,(H,19,20). The van der Waals surface area contributed by atoms with Crippen LogP contribution in [0.2, 0.25) is 0 Å². The van der Waals surface area contributed by atoms with E-state index in [1.54, 1.807) is 6.07 Å². The van der Waals surface area contributed by atoms with Gasteiger partial charge in [0.05, 0.1) is 18.2 Å². The largest absolute Gasteiger partial charge is 0.486 e. The van der Waals surface area contributed by atoms with E-state index in [4.69, 9.17) is 19.6 Å². The van der Waals surface area contributed by atoms with Gasteiger partial charge in [-0.05, 0) is 30.2 Å². The number of carbonyl (C=O) groups is 1. The van der Waals surface area contributed by atoms with Crippen LogP contribution < -0.4 is 20.5 Å². The Morgan fingerprint density at radius 2 is 2.04 bits per heavy atom. The summed E-state index contributed by atoms with van der Waals surface area (Å²) in [7, 11) is 0. The summed E-state index contributed by atoms with van der Waals surface area (Å²) >= 11 is 0. The summed E-state index contributed by atoms with van der Waals surface area (Å²) in [6.45, 7) is 3.38. The SMILES string of the molecule is CCC(NC(=O)c1coc(CN)c1)c1ccc2c(c1)OCCO2. The highest BCUT2D eigenvalue weighted by molar-refractivity contribution is 5.94. The maximum Gasteiger partial charge on any atom is 0.255 e. The van der Waals surface area contributed by atoms with Crippen molar-refractivity contribution < 1.29 is 18.7 Å². The van der Waals surface area contributed by atoms with E-state index in [9.17, 15) is 4.79 Å². The second-order valence-corrected chi connectivity index (χ2v) is 5.34. The van der Waals surface area contributed by atoms with Crippen LogP contribution in [0, 0.1) is 0 Å². The maximum absolute atomic E-state index is 12.3. The predicted octanol–water partition coefficient (Wildman–Crippen LogP) is 2.39. The van der Waals surface area contributed by atoms with Crippen LogP contribution in [-0.4, -0.2) is 19.1 Å². The van der Waals surface area contributed by atoms with Gasteiger partial charge in [-0.3, -0.25) is 4.79 Å². The van der Waals surface area contributed by atoms with Crippen LogP contribution in [0.1, 0.15) is 41.1 Å². The molecule has 0 aliphatic carbocycles. The number of furan rings is 1. The number of rotatable bonds is 5. The number of nitrogens with one attached hydrogen (secondary N) is 1. The van der Waals surface area contributed by atoms with Gasteiger partial charge in [0.2, 0.25) is 0 Å². The average molecular weight is 316 g/mol. The number of amides is 1. The van der Waals surface area contributed by atoms with Gasteiger partial charge in [0.25, 0.3) is 5.91 Å². The van der Waals surface area contributed by atoms with Crippen molar-refractivity contribution in [3.63, 3.8) is 0 Å². The third kappa shape index (κ3) is 3.32. The summed E-state index contributed by atoms with van der Waals surface area (Å²) in [5.74, 6) is 1.86. The van der Waals surface area contributed by atoms with Gasteiger partial charge in [-0.15, -0.1) is 0 Å². The van der Waals surface area contributed by atoms with Gasteiger partial charge in [0.15, 0.2) is 11.5 Å². The van der Waals surface area contributed by atoms with Gasteiger partial charge >= 0.3 is 0 Å². The van der Waals surface area contributed by atoms with Crippen LogP contribution in [0.25, 0.3) is 0 Å². The number of hydrogen-bond donors (Lipinski definition) is 2. The van der Waals surface area contributed by atoms with Gasteiger partial charge in [0.1, 0.15) is 25.2 Å². The van der Waals surface area contributed by atoms with E-state index in [1.165, 1.54) is 6.26 Å². The third-order valence-electron chi connectivity index (χ3n) is 3.80. The number of ether oxygens (including phenoxy) is 2. The smallest absolute Gasteiger partial charge is 0.255 e. The number of fused-ring (bicyclic) bond motifs is 1. The lowest BCUT2D eigenvalue weighted by atomic mass is 10.0.